The molecule has 0 aliphatic carbocycles. The highest BCUT2D eigenvalue weighted by molar-refractivity contribution is 8.05. The first-order chi connectivity index (χ1) is 15.5. The minimum atomic E-state index is -1.20. The third-order valence-electron chi connectivity index (χ3n) is 4.22. The van der Waals surface area contributed by atoms with E-state index in [1.807, 2.05) is 0 Å². The lowest BCUT2D eigenvalue weighted by Gasteiger charge is -2.49. The topological polar surface area (TPSA) is 160 Å². The highest BCUT2D eigenvalue weighted by atomic mass is 32.2. The van der Waals surface area contributed by atoms with Crippen LogP contribution in [0.15, 0.2) is 21.3 Å². The van der Waals surface area contributed by atoms with Crippen LogP contribution in [0.2, 0.25) is 0 Å². The summed E-state index contributed by atoms with van der Waals surface area (Å²) >= 11 is 3.58. The van der Waals surface area contributed by atoms with Gasteiger partial charge in [0.15, 0.2) is 0 Å². The fraction of sp³-hybridized carbons (Fsp3) is 0.500. The summed E-state index contributed by atoms with van der Waals surface area (Å²) in [4.78, 5) is 59.7. The number of hydrogen-bond acceptors (Lipinski definition) is 12. The van der Waals surface area contributed by atoms with Crippen LogP contribution >= 0.6 is 35.1 Å². The molecule has 1 aromatic rings. The number of fused-ring (bicyclic) bond motifs is 1. The van der Waals surface area contributed by atoms with E-state index in [4.69, 9.17) is 9.57 Å². The third kappa shape index (κ3) is 5.65. The van der Waals surface area contributed by atoms with Crippen molar-refractivity contribution in [3.63, 3.8) is 0 Å². The average Bonchev–Trinajstić information content (AvgIpc) is 3.26. The number of nitrogens with zero attached hydrogens (tertiary/aromatic N) is 4. The van der Waals surface area contributed by atoms with Crippen molar-refractivity contribution in [3.05, 3.63) is 21.9 Å². The molecule has 0 radical (unpaired) electrons. The molecule has 2 amide bonds. The Bertz CT molecular complexity index is 1020. The summed E-state index contributed by atoms with van der Waals surface area (Å²) in [7, 11) is 0. The van der Waals surface area contributed by atoms with Gasteiger partial charge in [-0.3, -0.25) is 14.5 Å². The fourth-order valence-corrected chi connectivity index (χ4v) is 5.61. The van der Waals surface area contributed by atoms with Gasteiger partial charge in [0, 0.05) is 10.7 Å². The maximum atomic E-state index is 12.9. The number of β-lactam (4-membered cyclic amide) rings is 1. The molecule has 1 saturated heterocycles. The lowest BCUT2D eigenvalue weighted by molar-refractivity contribution is -0.160. The summed E-state index contributed by atoms with van der Waals surface area (Å²) in [5, 5.41) is 15.2. The molecule has 33 heavy (non-hydrogen) atoms. The summed E-state index contributed by atoms with van der Waals surface area (Å²) in [6.07, 6.45) is 1.74. The van der Waals surface area contributed by atoms with Gasteiger partial charge in [-0.15, -0.1) is 23.5 Å². The van der Waals surface area contributed by atoms with Gasteiger partial charge in [0.1, 0.15) is 28.2 Å². The molecule has 2 aliphatic heterocycles. The van der Waals surface area contributed by atoms with Gasteiger partial charge >= 0.3 is 11.9 Å². The van der Waals surface area contributed by atoms with E-state index in [0.29, 0.717) is 10.7 Å². The Hall–Kier alpha value is -2.65. The van der Waals surface area contributed by atoms with Crippen molar-refractivity contribution in [2.24, 2.45) is 5.16 Å². The minimum Gasteiger partial charge on any atom is -0.477 e. The molecule has 15 heteroatoms. The maximum absolute atomic E-state index is 12.9. The Morgan fingerprint density at radius 3 is 2.70 bits per heavy atom. The standard InChI is InChI=1S/C18H21N5O7S3/c1-18(2,3)30-9(24)5-29-21-10(13-19-7-33-22-13)14(25)20-11-15(26)23-12(17(27)28)8(31-4)6-32-16(11)23/h7,11,16H,5-6H2,1-4H3,(H,20,25)(H,27,28)/b21-10-/t11?,16-/m1/s1. The zero-order valence-corrected chi connectivity index (χ0v) is 20.5. The summed E-state index contributed by atoms with van der Waals surface area (Å²) in [5.74, 6) is -2.88. The van der Waals surface area contributed by atoms with E-state index in [0.717, 1.165) is 11.5 Å². The molecule has 0 saturated carbocycles. The molecular weight excluding hydrogens is 494 g/mol. The third-order valence-corrected chi connectivity index (χ3v) is 6.99. The molecule has 3 heterocycles. The van der Waals surface area contributed by atoms with Crippen LogP contribution in [0.4, 0.5) is 0 Å². The summed E-state index contributed by atoms with van der Waals surface area (Å²) in [5.41, 5.74) is 0.268. The molecule has 2 N–H and O–H groups in total. The van der Waals surface area contributed by atoms with Crippen LogP contribution in [0.5, 0.6) is 0 Å². The van der Waals surface area contributed by atoms with Crippen LogP contribution in [0.1, 0.15) is 26.6 Å². The second kappa shape index (κ2) is 10.1. The van der Waals surface area contributed by atoms with E-state index in [-0.39, 0.29) is 17.2 Å². The monoisotopic (exact) mass is 515 g/mol. The van der Waals surface area contributed by atoms with Gasteiger partial charge in [-0.25, -0.2) is 14.6 Å². The molecule has 0 spiro atoms. The molecule has 12 nitrogen and oxygen atoms in total. The quantitative estimate of drug-likeness (QED) is 0.217. The number of carbonyl (C=O) groups excluding carboxylic acids is 3. The number of aromatic nitrogens is 2. The Kier molecular flexibility index (Phi) is 7.64. The van der Waals surface area contributed by atoms with E-state index in [1.54, 1.807) is 27.0 Å². The van der Waals surface area contributed by atoms with Crippen LogP contribution in [0, 0.1) is 0 Å². The fourth-order valence-electron chi connectivity index (χ4n) is 2.94. The lowest BCUT2D eigenvalue weighted by Crippen LogP contribution is -2.71. The number of oxime groups is 1. The first-order valence-corrected chi connectivity index (χ1v) is 12.6. The molecule has 0 aromatic carbocycles. The zero-order valence-electron chi connectivity index (χ0n) is 18.1. The number of carboxylic acid groups (broad SMARTS) is 1. The molecule has 2 atom stereocenters. The van der Waals surface area contributed by atoms with Gasteiger partial charge in [-0.05, 0) is 38.6 Å². The molecule has 1 unspecified atom stereocenters. The first-order valence-electron chi connectivity index (χ1n) is 9.48. The van der Waals surface area contributed by atoms with E-state index < -0.39 is 47.4 Å². The van der Waals surface area contributed by atoms with Crippen LogP contribution in [-0.4, -0.2) is 84.5 Å². The van der Waals surface area contributed by atoms with Crippen molar-refractivity contribution in [1.29, 1.82) is 0 Å². The zero-order chi connectivity index (χ0) is 24.3. The van der Waals surface area contributed by atoms with E-state index in [2.05, 4.69) is 19.8 Å². The molecule has 2 aliphatic rings. The summed E-state index contributed by atoms with van der Waals surface area (Å²) in [6, 6.07) is -0.963. The van der Waals surface area contributed by atoms with Crippen molar-refractivity contribution in [3.8, 4) is 0 Å². The Balaban J connectivity index is 1.71. The molecule has 0 bridgehead atoms. The van der Waals surface area contributed by atoms with Gasteiger partial charge < -0.3 is 20.0 Å². The summed E-state index contributed by atoms with van der Waals surface area (Å²) < 4.78 is 9.07. The Morgan fingerprint density at radius 2 is 2.12 bits per heavy atom. The number of nitrogens with one attached hydrogen (secondary N) is 1. The Labute approximate surface area is 201 Å². The molecule has 1 aromatic heterocycles. The average molecular weight is 516 g/mol. The highest BCUT2D eigenvalue weighted by Gasteiger charge is 2.54. The second-order valence-electron chi connectivity index (χ2n) is 7.70. The number of rotatable bonds is 8. The summed E-state index contributed by atoms with van der Waals surface area (Å²) in [6.45, 7) is 4.54. The predicted molar refractivity (Wildman–Crippen MR) is 121 cm³/mol. The normalized spacial score (nSPS) is 20.7. The van der Waals surface area contributed by atoms with E-state index in [1.165, 1.54) is 33.9 Å². The molecule has 178 valence electrons. The number of carboxylic acids is 1. The second-order valence-corrected chi connectivity index (χ2v) is 10.3. The van der Waals surface area contributed by atoms with Crippen LogP contribution in [-0.2, 0) is 28.8 Å². The van der Waals surface area contributed by atoms with Gasteiger partial charge in [-0.1, -0.05) is 5.16 Å². The van der Waals surface area contributed by atoms with Crippen LogP contribution < -0.4 is 5.32 Å². The Morgan fingerprint density at radius 1 is 1.39 bits per heavy atom. The van der Waals surface area contributed by atoms with E-state index >= 15 is 0 Å². The number of aliphatic carboxylic acids is 1. The smallest absolute Gasteiger partial charge is 0.353 e. The SMILES string of the molecule is CSC1=C(C(=O)O)N2C(=O)C(NC(=O)/C(=N\OCC(=O)OC(C)(C)C)c3ncsn3)[C@H]2SC1. The van der Waals surface area contributed by atoms with Crippen LogP contribution in [0.3, 0.4) is 0 Å². The van der Waals surface area contributed by atoms with Crippen LogP contribution in [0.25, 0.3) is 0 Å². The molecular formula is C18H21N5O7S3. The number of hydrogen-bond donors (Lipinski definition) is 2. The number of thioether (sulfide) groups is 2. The molecule has 1 fully saturated rings. The number of amides is 2. The molecule has 3 rings (SSSR count). The van der Waals surface area contributed by atoms with Gasteiger partial charge in [0.2, 0.25) is 18.1 Å². The largest absolute Gasteiger partial charge is 0.477 e. The minimum absolute atomic E-state index is 0.0441. The van der Waals surface area contributed by atoms with Crippen molar-refractivity contribution in [2.75, 3.05) is 18.6 Å². The van der Waals surface area contributed by atoms with Crippen molar-refractivity contribution < 1.29 is 33.9 Å². The van der Waals surface area contributed by atoms with E-state index in [9.17, 15) is 24.3 Å². The van der Waals surface area contributed by atoms with Crippen molar-refractivity contribution in [1.82, 2.24) is 19.6 Å². The van der Waals surface area contributed by atoms with Gasteiger partial charge in [0.25, 0.3) is 11.8 Å². The predicted octanol–water partition coefficient (Wildman–Crippen LogP) is 0.660. The lowest BCUT2D eigenvalue weighted by atomic mass is 10.0. The highest BCUT2D eigenvalue weighted by Crippen LogP contribution is 2.42. The van der Waals surface area contributed by atoms with Crippen molar-refractivity contribution >= 4 is 64.5 Å². The van der Waals surface area contributed by atoms with Gasteiger partial charge in [0.05, 0.1) is 0 Å². The number of ether oxygens (including phenoxy) is 1. The van der Waals surface area contributed by atoms with Gasteiger partial charge in [-0.2, -0.15) is 4.37 Å². The maximum Gasteiger partial charge on any atom is 0.353 e. The van der Waals surface area contributed by atoms with Crippen molar-refractivity contribution in [2.45, 2.75) is 37.8 Å². The first kappa shape index (κ1) is 25.0. The number of carbonyl (C=O) groups is 4. The number of esters is 1.